The first-order chi connectivity index (χ1) is 13.4. The Hall–Kier alpha value is -1.93. The van der Waals surface area contributed by atoms with Crippen LogP contribution in [0.1, 0.15) is 62.2 Å². The van der Waals surface area contributed by atoms with Crippen LogP contribution in [0.3, 0.4) is 0 Å². The van der Waals surface area contributed by atoms with Crippen LogP contribution in [-0.2, 0) is 19.6 Å². The Morgan fingerprint density at radius 2 is 1.68 bits per heavy atom. The molecule has 0 aromatic heterocycles. The van der Waals surface area contributed by atoms with Crippen LogP contribution in [0.25, 0.3) is 0 Å². The van der Waals surface area contributed by atoms with Crippen molar-refractivity contribution in [2.75, 3.05) is 26.2 Å². The Labute approximate surface area is 167 Å². The molecule has 1 aliphatic rings. The minimum absolute atomic E-state index is 0.166. The summed E-state index contributed by atoms with van der Waals surface area (Å²) < 4.78 is 32.0. The van der Waals surface area contributed by atoms with Crippen molar-refractivity contribution in [2.24, 2.45) is 0 Å². The number of amides is 1. The molecule has 1 aromatic carbocycles. The van der Waals surface area contributed by atoms with Crippen molar-refractivity contribution < 1.29 is 22.7 Å². The highest BCUT2D eigenvalue weighted by atomic mass is 32.2. The lowest BCUT2D eigenvalue weighted by Gasteiger charge is -2.19. The first kappa shape index (κ1) is 22.4. The van der Waals surface area contributed by atoms with E-state index in [0.717, 1.165) is 44.9 Å². The number of hydrogen-bond donors (Lipinski definition) is 1. The Morgan fingerprint density at radius 1 is 1.04 bits per heavy atom. The fourth-order valence-corrected chi connectivity index (χ4v) is 4.58. The van der Waals surface area contributed by atoms with Gasteiger partial charge in [0.15, 0.2) is 6.61 Å². The van der Waals surface area contributed by atoms with Crippen molar-refractivity contribution in [3.63, 3.8) is 0 Å². The van der Waals surface area contributed by atoms with Gasteiger partial charge in [0, 0.05) is 19.6 Å². The van der Waals surface area contributed by atoms with E-state index in [1.54, 1.807) is 0 Å². The summed E-state index contributed by atoms with van der Waals surface area (Å²) in [5, 5.41) is 2.69. The van der Waals surface area contributed by atoms with Crippen molar-refractivity contribution in [2.45, 2.75) is 56.8 Å². The Morgan fingerprint density at radius 3 is 2.29 bits per heavy atom. The van der Waals surface area contributed by atoms with E-state index in [0.29, 0.717) is 19.6 Å². The van der Waals surface area contributed by atoms with Gasteiger partial charge in [-0.3, -0.25) is 4.79 Å². The molecule has 0 bridgehead atoms. The molecular weight excluding hydrogens is 380 g/mol. The van der Waals surface area contributed by atoms with Crippen molar-refractivity contribution in [3.8, 4) is 0 Å². The molecule has 1 fully saturated rings. The molecule has 0 saturated carbocycles. The highest BCUT2D eigenvalue weighted by molar-refractivity contribution is 7.89. The predicted molar refractivity (Wildman–Crippen MR) is 106 cm³/mol. The number of sulfonamides is 1. The number of nitrogens with zero attached hydrogens (tertiary/aromatic N) is 1. The molecule has 8 heteroatoms. The van der Waals surface area contributed by atoms with Crippen LogP contribution in [0.15, 0.2) is 29.2 Å². The van der Waals surface area contributed by atoms with E-state index in [9.17, 15) is 18.0 Å². The van der Waals surface area contributed by atoms with Gasteiger partial charge in [0.2, 0.25) is 10.0 Å². The number of benzene rings is 1. The minimum atomic E-state index is -3.55. The van der Waals surface area contributed by atoms with Crippen LogP contribution in [0, 0.1) is 0 Å². The van der Waals surface area contributed by atoms with Gasteiger partial charge in [0.1, 0.15) is 0 Å². The van der Waals surface area contributed by atoms with E-state index in [4.69, 9.17) is 4.74 Å². The molecule has 1 saturated heterocycles. The average Bonchev–Trinajstić information content (AvgIpc) is 2.99. The second-order valence-corrected chi connectivity index (χ2v) is 8.91. The first-order valence-electron chi connectivity index (χ1n) is 9.99. The van der Waals surface area contributed by atoms with Gasteiger partial charge in [-0.05, 0) is 43.5 Å². The van der Waals surface area contributed by atoms with Crippen molar-refractivity contribution in [3.05, 3.63) is 29.8 Å². The number of carbonyl (C=O) groups excluding carboxylic acids is 2. The molecule has 1 heterocycles. The van der Waals surface area contributed by atoms with Crippen LogP contribution in [-0.4, -0.2) is 50.8 Å². The normalized spacial score (nSPS) is 15.6. The number of unbranched alkanes of at least 4 members (excludes halogenated alkanes) is 2. The third-order valence-corrected chi connectivity index (χ3v) is 6.64. The van der Waals surface area contributed by atoms with Gasteiger partial charge in [-0.25, -0.2) is 13.2 Å². The van der Waals surface area contributed by atoms with Crippen molar-refractivity contribution >= 4 is 21.9 Å². The van der Waals surface area contributed by atoms with E-state index in [-0.39, 0.29) is 23.0 Å². The Bertz CT molecular complexity index is 738. The fourth-order valence-electron chi connectivity index (χ4n) is 3.06. The Kier molecular flexibility index (Phi) is 8.92. The number of carbonyl (C=O) groups is 2. The molecule has 28 heavy (non-hydrogen) atoms. The minimum Gasteiger partial charge on any atom is -0.452 e. The van der Waals surface area contributed by atoms with Gasteiger partial charge in [-0.1, -0.05) is 32.6 Å². The maximum atomic E-state index is 12.7. The van der Waals surface area contributed by atoms with Crippen LogP contribution >= 0.6 is 0 Å². The molecule has 1 aromatic rings. The number of nitrogens with one attached hydrogen (secondary N) is 1. The van der Waals surface area contributed by atoms with Gasteiger partial charge in [0.25, 0.3) is 5.91 Å². The maximum Gasteiger partial charge on any atom is 0.338 e. The molecule has 156 valence electrons. The van der Waals surface area contributed by atoms with E-state index in [1.165, 1.54) is 28.6 Å². The second kappa shape index (κ2) is 11.2. The zero-order chi connectivity index (χ0) is 20.4. The zero-order valence-electron chi connectivity index (χ0n) is 16.5. The molecule has 0 atom stereocenters. The lowest BCUT2D eigenvalue weighted by molar-refractivity contribution is -0.124. The molecule has 0 spiro atoms. The van der Waals surface area contributed by atoms with Crippen LogP contribution < -0.4 is 5.32 Å². The van der Waals surface area contributed by atoms with Crippen molar-refractivity contribution in [1.29, 1.82) is 0 Å². The molecule has 0 radical (unpaired) electrons. The summed E-state index contributed by atoms with van der Waals surface area (Å²) in [6.07, 6.45) is 6.81. The summed E-state index contributed by atoms with van der Waals surface area (Å²) in [6, 6.07) is 5.68. The number of rotatable bonds is 9. The molecule has 1 N–H and O–H groups in total. The van der Waals surface area contributed by atoms with Gasteiger partial charge in [0.05, 0.1) is 10.5 Å². The fraction of sp³-hybridized carbons (Fsp3) is 0.600. The number of hydrogen-bond acceptors (Lipinski definition) is 5. The Balaban J connectivity index is 1.88. The van der Waals surface area contributed by atoms with E-state index in [1.807, 2.05) is 0 Å². The van der Waals surface area contributed by atoms with Crippen molar-refractivity contribution in [1.82, 2.24) is 9.62 Å². The zero-order valence-corrected chi connectivity index (χ0v) is 17.3. The highest BCUT2D eigenvalue weighted by Gasteiger charge is 2.25. The largest absolute Gasteiger partial charge is 0.452 e. The summed E-state index contributed by atoms with van der Waals surface area (Å²) in [6.45, 7) is 3.35. The van der Waals surface area contributed by atoms with Gasteiger partial charge in [-0.2, -0.15) is 4.31 Å². The predicted octanol–water partition coefficient (Wildman–Crippen LogP) is 2.71. The number of ether oxygens (including phenoxy) is 1. The van der Waals surface area contributed by atoms with Crippen LogP contribution in [0.2, 0.25) is 0 Å². The molecule has 1 aliphatic heterocycles. The molecule has 0 unspecified atom stereocenters. The van der Waals surface area contributed by atoms with E-state index in [2.05, 4.69) is 12.2 Å². The topological polar surface area (TPSA) is 92.8 Å². The molecule has 1 amide bonds. The lowest BCUT2D eigenvalue weighted by atomic mass is 10.2. The van der Waals surface area contributed by atoms with Gasteiger partial charge in [-0.15, -0.1) is 0 Å². The summed E-state index contributed by atoms with van der Waals surface area (Å²) in [4.78, 5) is 23.9. The van der Waals surface area contributed by atoms with Gasteiger partial charge >= 0.3 is 5.97 Å². The molecule has 7 nitrogen and oxygen atoms in total. The summed E-state index contributed by atoms with van der Waals surface area (Å²) in [5.41, 5.74) is 0.216. The first-order valence-corrected chi connectivity index (χ1v) is 11.4. The van der Waals surface area contributed by atoms with E-state index < -0.39 is 16.0 Å². The second-order valence-electron chi connectivity index (χ2n) is 6.98. The molecule has 0 aliphatic carbocycles. The quantitative estimate of drug-likeness (QED) is 0.499. The summed E-state index contributed by atoms with van der Waals surface area (Å²) >= 11 is 0. The highest BCUT2D eigenvalue weighted by Crippen LogP contribution is 2.20. The van der Waals surface area contributed by atoms with E-state index >= 15 is 0 Å². The molecular formula is C20H30N2O5S. The smallest absolute Gasteiger partial charge is 0.338 e. The molecule has 2 rings (SSSR count). The SMILES string of the molecule is CCCCCNC(=O)COC(=O)c1ccc(S(=O)(=O)N2CCCCCC2)cc1. The standard InChI is InChI=1S/C20H30N2O5S/c1-2-3-6-13-21-19(23)16-27-20(24)17-9-11-18(12-10-17)28(25,26)22-14-7-4-5-8-15-22/h9-12H,2-8,13-16H2,1H3,(H,21,23). The number of esters is 1. The summed E-state index contributed by atoms with van der Waals surface area (Å²) in [7, 11) is -3.55. The monoisotopic (exact) mass is 410 g/mol. The third-order valence-electron chi connectivity index (χ3n) is 4.73. The average molecular weight is 411 g/mol. The third kappa shape index (κ3) is 6.60. The maximum absolute atomic E-state index is 12.7. The summed E-state index contributed by atoms with van der Waals surface area (Å²) in [5.74, 6) is -0.993. The van der Waals surface area contributed by atoms with Gasteiger partial charge < -0.3 is 10.1 Å². The van der Waals surface area contributed by atoms with Crippen LogP contribution in [0.5, 0.6) is 0 Å². The van der Waals surface area contributed by atoms with Crippen LogP contribution in [0.4, 0.5) is 0 Å². The lowest BCUT2D eigenvalue weighted by Crippen LogP contribution is -2.32.